The monoisotopic (exact) mass is 311 g/mol. The predicted octanol–water partition coefficient (Wildman–Crippen LogP) is 3.81. The lowest BCUT2D eigenvalue weighted by Crippen LogP contribution is -2.32. The summed E-state index contributed by atoms with van der Waals surface area (Å²) in [6, 6.07) is 3.36. The molecule has 0 N–H and O–H groups in total. The van der Waals surface area contributed by atoms with Crippen LogP contribution in [0.25, 0.3) is 11.0 Å². The van der Waals surface area contributed by atoms with Gasteiger partial charge < -0.3 is 9.47 Å². The van der Waals surface area contributed by atoms with Gasteiger partial charge in [0, 0.05) is 19.2 Å². The van der Waals surface area contributed by atoms with E-state index in [0.29, 0.717) is 17.0 Å². The Hall–Kier alpha value is -1.13. The Balaban J connectivity index is 2.49. The lowest BCUT2D eigenvalue weighted by atomic mass is 9.92. The van der Waals surface area contributed by atoms with Crippen LogP contribution in [0, 0.1) is 18.2 Å². The molecule has 0 amide bonds. The SMILES string of the molecule is Cc1cc2c(cc1F)nc(CCl)n2CC(C)(C)CN(C)C. The van der Waals surface area contributed by atoms with Gasteiger partial charge in [-0.1, -0.05) is 13.8 Å². The first-order valence-corrected chi connectivity index (χ1v) is 7.63. The molecule has 0 aliphatic carbocycles. The number of hydrogen-bond acceptors (Lipinski definition) is 2. The smallest absolute Gasteiger partial charge is 0.128 e. The van der Waals surface area contributed by atoms with Gasteiger partial charge in [0.15, 0.2) is 0 Å². The molecule has 0 fully saturated rings. The average Bonchev–Trinajstić information content (AvgIpc) is 2.65. The molecule has 0 saturated heterocycles. The zero-order valence-electron chi connectivity index (χ0n) is 13.4. The van der Waals surface area contributed by atoms with Crippen molar-refractivity contribution in [1.29, 1.82) is 0 Å². The Morgan fingerprint density at radius 3 is 2.57 bits per heavy atom. The van der Waals surface area contributed by atoms with Crippen molar-refractivity contribution in [3.05, 3.63) is 29.3 Å². The molecule has 2 aromatic rings. The second kappa shape index (κ2) is 5.93. The molecule has 0 radical (unpaired) electrons. The molecule has 1 heterocycles. The minimum absolute atomic E-state index is 0.0697. The van der Waals surface area contributed by atoms with Crippen LogP contribution in [0.2, 0.25) is 0 Å². The molecule has 116 valence electrons. The molecular weight excluding hydrogens is 289 g/mol. The molecule has 1 aromatic carbocycles. The molecule has 5 heteroatoms. The van der Waals surface area contributed by atoms with E-state index in [-0.39, 0.29) is 11.2 Å². The summed E-state index contributed by atoms with van der Waals surface area (Å²) >= 11 is 6.03. The van der Waals surface area contributed by atoms with Crippen LogP contribution in [0.4, 0.5) is 4.39 Å². The summed E-state index contributed by atoms with van der Waals surface area (Å²) in [6.07, 6.45) is 0. The van der Waals surface area contributed by atoms with Crippen molar-refractivity contribution in [1.82, 2.24) is 14.5 Å². The molecule has 2 rings (SSSR count). The number of aromatic nitrogens is 2. The maximum atomic E-state index is 13.7. The van der Waals surface area contributed by atoms with Crippen LogP contribution in [0.15, 0.2) is 12.1 Å². The number of aryl methyl sites for hydroxylation is 1. The average molecular weight is 312 g/mol. The zero-order chi connectivity index (χ0) is 15.8. The highest BCUT2D eigenvalue weighted by Crippen LogP contribution is 2.26. The van der Waals surface area contributed by atoms with Crippen molar-refractivity contribution in [2.24, 2.45) is 5.41 Å². The van der Waals surface area contributed by atoms with Gasteiger partial charge in [0.1, 0.15) is 11.6 Å². The van der Waals surface area contributed by atoms with E-state index < -0.39 is 0 Å². The van der Waals surface area contributed by atoms with Crippen LogP contribution in [-0.2, 0) is 12.4 Å². The molecule has 0 aliphatic heterocycles. The van der Waals surface area contributed by atoms with E-state index >= 15 is 0 Å². The van der Waals surface area contributed by atoms with Crippen molar-refractivity contribution < 1.29 is 4.39 Å². The highest BCUT2D eigenvalue weighted by molar-refractivity contribution is 6.16. The van der Waals surface area contributed by atoms with E-state index in [2.05, 4.69) is 42.4 Å². The number of fused-ring (bicyclic) bond motifs is 1. The second-order valence-corrected chi connectivity index (χ2v) is 7.01. The number of alkyl halides is 1. The molecule has 21 heavy (non-hydrogen) atoms. The summed E-state index contributed by atoms with van der Waals surface area (Å²) in [5.41, 5.74) is 2.33. The highest BCUT2D eigenvalue weighted by atomic mass is 35.5. The summed E-state index contributed by atoms with van der Waals surface area (Å²) in [4.78, 5) is 6.64. The maximum absolute atomic E-state index is 13.7. The standard InChI is InChI=1S/C16H23ClFN3/c1-11-6-14-13(7-12(11)18)19-15(8-17)21(14)10-16(2,3)9-20(4)5/h6-7H,8-10H2,1-5H3. The van der Waals surface area contributed by atoms with Crippen LogP contribution in [0.1, 0.15) is 25.2 Å². The molecular formula is C16H23ClFN3. The van der Waals surface area contributed by atoms with Gasteiger partial charge in [-0.05, 0) is 38.1 Å². The number of halogens is 2. The molecule has 0 bridgehead atoms. The Bertz CT molecular complexity index is 646. The van der Waals surface area contributed by atoms with Gasteiger partial charge in [0.25, 0.3) is 0 Å². The van der Waals surface area contributed by atoms with Crippen molar-refractivity contribution >= 4 is 22.6 Å². The van der Waals surface area contributed by atoms with Crippen LogP contribution < -0.4 is 0 Å². The fourth-order valence-corrected chi connectivity index (χ4v) is 3.12. The van der Waals surface area contributed by atoms with E-state index in [0.717, 1.165) is 24.4 Å². The van der Waals surface area contributed by atoms with E-state index in [1.807, 2.05) is 6.07 Å². The van der Waals surface area contributed by atoms with E-state index in [1.54, 1.807) is 6.92 Å². The fraction of sp³-hybridized carbons (Fsp3) is 0.562. The molecule has 1 aromatic heterocycles. The first-order valence-electron chi connectivity index (χ1n) is 7.09. The number of benzene rings is 1. The van der Waals surface area contributed by atoms with Crippen molar-refractivity contribution in [2.45, 2.75) is 33.2 Å². The Kier molecular flexibility index (Phi) is 4.59. The van der Waals surface area contributed by atoms with E-state index in [4.69, 9.17) is 11.6 Å². The summed E-state index contributed by atoms with van der Waals surface area (Å²) in [5.74, 6) is 0.900. The normalized spacial score (nSPS) is 12.6. The quantitative estimate of drug-likeness (QED) is 0.783. The first kappa shape index (κ1) is 16.2. The van der Waals surface area contributed by atoms with Crippen LogP contribution >= 0.6 is 11.6 Å². The number of imidazole rings is 1. The van der Waals surface area contributed by atoms with Crippen molar-refractivity contribution in [3.8, 4) is 0 Å². The predicted molar refractivity (Wildman–Crippen MR) is 86.3 cm³/mol. The Morgan fingerprint density at radius 1 is 1.33 bits per heavy atom. The maximum Gasteiger partial charge on any atom is 0.128 e. The van der Waals surface area contributed by atoms with Crippen molar-refractivity contribution in [3.63, 3.8) is 0 Å². The minimum Gasteiger partial charge on any atom is -0.326 e. The minimum atomic E-state index is -0.221. The second-order valence-electron chi connectivity index (χ2n) is 6.74. The molecule has 0 unspecified atom stereocenters. The summed E-state index contributed by atoms with van der Waals surface area (Å²) in [7, 11) is 4.13. The van der Waals surface area contributed by atoms with Crippen LogP contribution in [-0.4, -0.2) is 35.1 Å². The van der Waals surface area contributed by atoms with Crippen LogP contribution in [0.3, 0.4) is 0 Å². The first-order chi connectivity index (χ1) is 9.73. The van der Waals surface area contributed by atoms with Gasteiger partial charge >= 0.3 is 0 Å². The molecule has 3 nitrogen and oxygen atoms in total. The Morgan fingerprint density at radius 2 is 2.00 bits per heavy atom. The Labute approximate surface area is 130 Å². The fourth-order valence-electron chi connectivity index (χ4n) is 2.91. The van der Waals surface area contributed by atoms with Gasteiger partial charge in [-0.25, -0.2) is 9.37 Å². The molecule has 0 spiro atoms. The van der Waals surface area contributed by atoms with E-state index in [9.17, 15) is 4.39 Å². The summed E-state index contributed by atoms with van der Waals surface area (Å²) in [6.45, 7) is 7.96. The summed E-state index contributed by atoms with van der Waals surface area (Å²) in [5, 5.41) is 0. The van der Waals surface area contributed by atoms with Gasteiger partial charge in [0.2, 0.25) is 0 Å². The number of hydrogen-bond donors (Lipinski definition) is 0. The third kappa shape index (κ3) is 3.55. The summed E-state index contributed by atoms with van der Waals surface area (Å²) < 4.78 is 15.8. The van der Waals surface area contributed by atoms with Crippen molar-refractivity contribution in [2.75, 3.05) is 20.6 Å². The van der Waals surface area contributed by atoms with E-state index in [1.165, 1.54) is 6.07 Å². The molecule has 0 saturated carbocycles. The number of rotatable bonds is 5. The third-order valence-electron chi connectivity index (χ3n) is 3.56. The van der Waals surface area contributed by atoms with Gasteiger partial charge in [-0.15, -0.1) is 11.6 Å². The lowest BCUT2D eigenvalue weighted by molar-refractivity contribution is 0.212. The zero-order valence-corrected chi connectivity index (χ0v) is 14.1. The van der Waals surface area contributed by atoms with Gasteiger partial charge in [-0.3, -0.25) is 0 Å². The lowest BCUT2D eigenvalue weighted by Gasteiger charge is -2.29. The van der Waals surface area contributed by atoms with Gasteiger partial charge in [0.05, 0.1) is 16.9 Å². The number of nitrogens with zero attached hydrogens (tertiary/aromatic N) is 3. The topological polar surface area (TPSA) is 21.1 Å². The highest BCUT2D eigenvalue weighted by Gasteiger charge is 2.23. The third-order valence-corrected chi connectivity index (χ3v) is 3.80. The molecule has 0 atom stereocenters. The largest absolute Gasteiger partial charge is 0.326 e. The molecule has 0 aliphatic rings. The van der Waals surface area contributed by atoms with Crippen LogP contribution in [0.5, 0.6) is 0 Å². The van der Waals surface area contributed by atoms with Gasteiger partial charge in [-0.2, -0.15) is 0 Å².